The molecule has 1 unspecified atom stereocenters. The summed E-state index contributed by atoms with van der Waals surface area (Å²) in [7, 11) is 0. The molecule has 0 amide bonds. The average molecular weight is 349 g/mol. The maximum Gasteiger partial charge on any atom is 0.123 e. The fourth-order valence-corrected chi connectivity index (χ4v) is 3.34. The maximum atomic E-state index is 13.8. The molecule has 0 aliphatic heterocycles. The van der Waals surface area contributed by atoms with Gasteiger partial charge in [0.25, 0.3) is 0 Å². The number of unbranched alkanes of at least 4 members (excludes halogenated alkanes) is 1. The van der Waals surface area contributed by atoms with Gasteiger partial charge in [0.1, 0.15) is 5.82 Å². The second-order valence-electron chi connectivity index (χ2n) is 6.70. The zero-order valence-electron chi connectivity index (χ0n) is 15.4. The van der Waals surface area contributed by atoms with Gasteiger partial charge in [-0.05, 0) is 48.6 Å². The Balaban J connectivity index is 1.98. The highest BCUT2D eigenvalue weighted by Crippen LogP contribution is 2.29. The molecule has 1 atom stereocenters. The van der Waals surface area contributed by atoms with Crippen molar-refractivity contribution in [1.82, 2.24) is 9.78 Å². The van der Waals surface area contributed by atoms with E-state index in [1.807, 2.05) is 24.3 Å². The SMILES string of the molecule is [CH2]CC(c1cccc(F)c1)c1cc(CCCC)nn1Cc1ccccc1. The number of hydrogen-bond acceptors (Lipinski definition) is 1. The van der Waals surface area contributed by atoms with Crippen molar-refractivity contribution in [3.05, 3.63) is 95.9 Å². The number of rotatable bonds is 8. The summed E-state index contributed by atoms with van der Waals surface area (Å²) in [6.45, 7) is 7.03. The van der Waals surface area contributed by atoms with E-state index >= 15 is 0 Å². The first-order valence-corrected chi connectivity index (χ1v) is 9.36. The molecule has 3 heteroatoms. The molecule has 3 rings (SSSR count). The smallest absolute Gasteiger partial charge is 0.123 e. The summed E-state index contributed by atoms with van der Waals surface area (Å²) in [5.41, 5.74) is 4.38. The Morgan fingerprint density at radius 1 is 1.08 bits per heavy atom. The van der Waals surface area contributed by atoms with E-state index < -0.39 is 0 Å². The Morgan fingerprint density at radius 2 is 1.88 bits per heavy atom. The quantitative estimate of drug-likeness (QED) is 0.505. The predicted molar refractivity (Wildman–Crippen MR) is 105 cm³/mol. The van der Waals surface area contributed by atoms with Crippen LogP contribution in [0.3, 0.4) is 0 Å². The van der Waals surface area contributed by atoms with Crippen molar-refractivity contribution < 1.29 is 4.39 Å². The van der Waals surface area contributed by atoms with Gasteiger partial charge >= 0.3 is 0 Å². The van der Waals surface area contributed by atoms with Crippen molar-refractivity contribution in [3.63, 3.8) is 0 Å². The average Bonchev–Trinajstić information content (AvgIpc) is 3.04. The summed E-state index contributed by atoms with van der Waals surface area (Å²) in [5, 5.41) is 4.85. The normalized spacial score (nSPS) is 12.3. The number of halogens is 1. The van der Waals surface area contributed by atoms with Crippen LogP contribution in [0.4, 0.5) is 4.39 Å². The minimum atomic E-state index is -0.207. The van der Waals surface area contributed by atoms with Gasteiger partial charge in [0, 0.05) is 11.6 Å². The monoisotopic (exact) mass is 349 g/mol. The van der Waals surface area contributed by atoms with Crippen LogP contribution in [0, 0.1) is 12.7 Å². The third-order valence-electron chi connectivity index (χ3n) is 4.72. The van der Waals surface area contributed by atoms with Crippen molar-refractivity contribution in [1.29, 1.82) is 0 Å². The lowest BCUT2D eigenvalue weighted by Crippen LogP contribution is -2.11. The molecule has 0 N–H and O–H groups in total. The Kier molecular flexibility index (Phi) is 6.21. The van der Waals surface area contributed by atoms with E-state index in [4.69, 9.17) is 5.10 Å². The largest absolute Gasteiger partial charge is 0.264 e. The minimum absolute atomic E-state index is 0.0392. The van der Waals surface area contributed by atoms with Crippen LogP contribution in [0.2, 0.25) is 0 Å². The molecular weight excluding hydrogens is 323 g/mol. The van der Waals surface area contributed by atoms with Gasteiger partial charge in [-0.25, -0.2) is 4.39 Å². The third kappa shape index (κ3) is 4.40. The van der Waals surface area contributed by atoms with E-state index in [0.717, 1.165) is 36.2 Å². The van der Waals surface area contributed by atoms with Gasteiger partial charge in [-0.3, -0.25) is 4.68 Å². The molecule has 1 radical (unpaired) electrons. The van der Waals surface area contributed by atoms with E-state index in [1.54, 1.807) is 12.1 Å². The second kappa shape index (κ2) is 8.79. The Labute approximate surface area is 155 Å². The van der Waals surface area contributed by atoms with Gasteiger partial charge in [0.15, 0.2) is 0 Å². The molecule has 0 aliphatic carbocycles. The van der Waals surface area contributed by atoms with Crippen molar-refractivity contribution in [2.75, 3.05) is 0 Å². The van der Waals surface area contributed by atoms with Gasteiger partial charge < -0.3 is 0 Å². The zero-order chi connectivity index (χ0) is 18.4. The van der Waals surface area contributed by atoms with Crippen LogP contribution in [-0.4, -0.2) is 9.78 Å². The molecule has 3 aromatic rings. The summed E-state index contributed by atoms with van der Waals surface area (Å²) in [6, 6.07) is 19.3. The molecule has 1 heterocycles. The van der Waals surface area contributed by atoms with Crippen LogP contribution in [-0.2, 0) is 13.0 Å². The van der Waals surface area contributed by atoms with Gasteiger partial charge in [-0.1, -0.05) is 62.7 Å². The molecule has 26 heavy (non-hydrogen) atoms. The summed E-state index contributed by atoms with van der Waals surface area (Å²) in [6.07, 6.45) is 3.90. The number of nitrogens with zero attached hydrogens (tertiary/aromatic N) is 2. The van der Waals surface area contributed by atoms with E-state index in [2.05, 4.69) is 36.7 Å². The number of aromatic nitrogens is 2. The van der Waals surface area contributed by atoms with Crippen molar-refractivity contribution in [2.45, 2.75) is 45.1 Å². The van der Waals surface area contributed by atoms with Crippen LogP contribution in [0.5, 0.6) is 0 Å². The van der Waals surface area contributed by atoms with Gasteiger partial charge in [-0.15, -0.1) is 0 Å². The lowest BCUT2D eigenvalue weighted by Gasteiger charge is -2.17. The van der Waals surface area contributed by atoms with Gasteiger partial charge in [0.05, 0.1) is 12.2 Å². The number of aryl methyl sites for hydroxylation is 1. The Bertz CT molecular complexity index is 823. The van der Waals surface area contributed by atoms with Crippen LogP contribution < -0.4 is 0 Å². The molecule has 2 aromatic carbocycles. The molecule has 0 saturated heterocycles. The molecule has 135 valence electrons. The summed E-state index contributed by atoms with van der Waals surface area (Å²) in [4.78, 5) is 0. The lowest BCUT2D eigenvalue weighted by atomic mass is 9.92. The Morgan fingerprint density at radius 3 is 2.58 bits per heavy atom. The van der Waals surface area contributed by atoms with E-state index in [-0.39, 0.29) is 11.7 Å². The van der Waals surface area contributed by atoms with Crippen LogP contribution in [0.15, 0.2) is 60.7 Å². The molecule has 0 spiro atoms. The summed E-state index contributed by atoms with van der Waals surface area (Å²) >= 11 is 0. The number of hydrogen-bond donors (Lipinski definition) is 0. The highest BCUT2D eigenvalue weighted by molar-refractivity contribution is 5.31. The number of benzene rings is 2. The van der Waals surface area contributed by atoms with Crippen LogP contribution in [0.1, 0.15) is 54.6 Å². The molecule has 1 aromatic heterocycles. The topological polar surface area (TPSA) is 17.8 Å². The first-order chi connectivity index (χ1) is 12.7. The summed E-state index contributed by atoms with van der Waals surface area (Å²) < 4.78 is 15.8. The third-order valence-corrected chi connectivity index (χ3v) is 4.72. The molecule has 0 bridgehead atoms. The predicted octanol–water partition coefficient (Wildman–Crippen LogP) is 5.77. The lowest BCUT2D eigenvalue weighted by molar-refractivity contribution is 0.597. The van der Waals surface area contributed by atoms with E-state index in [1.165, 1.54) is 11.6 Å². The fourth-order valence-electron chi connectivity index (χ4n) is 3.34. The van der Waals surface area contributed by atoms with E-state index in [0.29, 0.717) is 13.0 Å². The molecule has 0 saturated carbocycles. The second-order valence-corrected chi connectivity index (χ2v) is 6.70. The molecule has 2 nitrogen and oxygen atoms in total. The maximum absolute atomic E-state index is 13.8. The fraction of sp³-hybridized carbons (Fsp3) is 0.304. The molecule has 0 aliphatic rings. The van der Waals surface area contributed by atoms with Crippen molar-refractivity contribution >= 4 is 0 Å². The molecular formula is C23H26FN2. The van der Waals surface area contributed by atoms with E-state index in [9.17, 15) is 4.39 Å². The Hall–Kier alpha value is -2.42. The standard InChI is InChI=1S/C23H26FN2/c1-3-5-14-21-16-23(22(4-2)19-12-9-13-20(24)15-19)26(25-21)17-18-10-7-6-8-11-18/h6-13,15-16,22H,2-5,14,17H2,1H3. The van der Waals surface area contributed by atoms with Crippen LogP contribution >= 0.6 is 0 Å². The van der Waals surface area contributed by atoms with Gasteiger partial charge in [0.2, 0.25) is 0 Å². The highest BCUT2D eigenvalue weighted by atomic mass is 19.1. The first kappa shape index (κ1) is 18.4. The highest BCUT2D eigenvalue weighted by Gasteiger charge is 2.19. The van der Waals surface area contributed by atoms with Crippen LogP contribution in [0.25, 0.3) is 0 Å². The van der Waals surface area contributed by atoms with Gasteiger partial charge in [-0.2, -0.15) is 5.10 Å². The minimum Gasteiger partial charge on any atom is -0.264 e. The molecule has 0 fully saturated rings. The van der Waals surface area contributed by atoms with Crippen molar-refractivity contribution in [3.8, 4) is 0 Å². The summed E-state index contributed by atoms with van der Waals surface area (Å²) in [5.74, 6) is -0.168. The van der Waals surface area contributed by atoms with Crippen molar-refractivity contribution in [2.24, 2.45) is 0 Å². The first-order valence-electron chi connectivity index (χ1n) is 9.36. The zero-order valence-corrected chi connectivity index (χ0v) is 15.4.